The van der Waals surface area contributed by atoms with E-state index in [2.05, 4.69) is 14.7 Å². The molecule has 6 nitrogen and oxygen atoms in total. The monoisotopic (exact) mass is 242 g/mol. The predicted octanol–water partition coefficient (Wildman–Crippen LogP) is 0.504. The molecule has 0 amide bonds. The van der Waals surface area contributed by atoms with Crippen molar-refractivity contribution in [2.24, 2.45) is 5.90 Å². The molecule has 88 valence electrons. The zero-order chi connectivity index (χ0) is 11.5. The van der Waals surface area contributed by atoms with E-state index in [1.807, 2.05) is 6.92 Å². The zero-order valence-corrected chi connectivity index (χ0v) is 9.84. The van der Waals surface area contributed by atoms with Crippen LogP contribution in [0.2, 0.25) is 0 Å². The smallest absolute Gasteiger partial charge is 0.259 e. The quantitative estimate of drug-likeness (QED) is 0.448. The Labute approximate surface area is 97.4 Å². The molecular formula is C9H14N4O2S. The summed E-state index contributed by atoms with van der Waals surface area (Å²) in [5.41, 5.74) is 0.520. The number of rotatable bonds is 2. The van der Waals surface area contributed by atoms with Gasteiger partial charge in [0.25, 0.3) is 5.90 Å². The molecule has 0 saturated carbocycles. The summed E-state index contributed by atoms with van der Waals surface area (Å²) in [6, 6.07) is 0. The van der Waals surface area contributed by atoms with Crippen LogP contribution in [0, 0.1) is 12.3 Å². The first kappa shape index (κ1) is 11.3. The molecule has 3 N–H and O–H groups in total. The van der Waals surface area contributed by atoms with E-state index in [9.17, 15) is 0 Å². The van der Waals surface area contributed by atoms with Crippen molar-refractivity contribution in [3.05, 3.63) is 10.7 Å². The van der Waals surface area contributed by atoms with Gasteiger partial charge in [-0.25, -0.2) is 4.98 Å². The Hall–Kier alpha value is -1.18. The minimum Gasteiger partial charge on any atom is -0.389 e. The summed E-state index contributed by atoms with van der Waals surface area (Å²) in [7, 11) is 0. The molecule has 1 aliphatic heterocycles. The van der Waals surface area contributed by atoms with Crippen LogP contribution in [0.5, 0.6) is 0 Å². The molecule has 2 heterocycles. The Balaban J connectivity index is 2.27. The molecule has 1 aromatic rings. The SMILES string of the molecule is Cc1nc(C(=N)ON)c(N2CCOCC2)s1. The zero-order valence-electron chi connectivity index (χ0n) is 9.02. The molecular weight excluding hydrogens is 228 g/mol. The second kappa shape index (κ2) is 4.77. The maximum atomic E-state index is 7.59. The fraction of sp³-hybridized carbons (Fsp3) is 0.556. The Morgan fingerprint density at radius 3 is 2.88 bits per heavy atom. The Morgan fingerprint density at radius 1 is 1.56 bits per heavy atom. The third-order valence-electron chi connectivity index (χ3n) is 2.35. The maximum absolute atomic E-state index is 7.59. The van der Waals surface area contributed by atoms with Gasteiger partial charge in [0, 0.05) is 13.1 Å². The summed E-state index contributed by atoms with van der Waals surface area (Å²) >= 11 is 1.55. The molecule has 0 atom stereocenters. The van der Waals surface area contributed by atoms with Crippen molar-refractivity contribution in [2.45, 2.75) is 6.92 Å². The van der Waals surface area contributed by atoms with Gasteiger partial charge in [-0.3, -0.25) is 5.41 Å². The lowest BCUT2D eigenvalue weighted by molar-refractivity contribution is 0.123. The van der Waals surface area contributed by atoms with Crippen molar-refractivity contribution in [3.63, 3.8) is 0 Å². The van der Waals surface area contributed by atoms with Crippen molar-refractivity contribution in [1.82, 2.24) is 4.98 Å². The van der Waals surface area contributed by atoms with Gasteiger partial charge in [0.1, 0.15) is 5.00 Å². The molecule has 0 radical (unpaired) electrons. The van der Waals surface area contributed by atoms with Crippen LogP contribution in [0.15, 0.2) is 0 Å². The van der Waals surface area contributed by atoms with Crippen LogP contribution in [0.3, 0.4) is 0 Å². The van der Waals surface area contributed by atoms with E-state index in [0.29, 0.717) is 18.9 Å². The molecule has 1 aliphatic rings. The van der Waals surface area contributed by atoms with Crippen molar-refractivity contribution in [1.29, 1.82) is 5.41 Å². The summed E-state index contributed by atoms with van der Waals surface area (Å²) in [6.45, 7) is 4.93. The number of nitrogens with two attached hydrogens (primary N) is 1. The minimum atomic E-state index is -0.0918. The maximum Gasteiger partial charge on any atom is 0.259 e. The largest absolute Gasteiger partial charge is 0.389 e. The van der Waals surface area contributed by atoms with Gasteiger partial charge in [-0.05, 0) is 6.92 Å². The predicted molar refractivity (Wildman–Crippen MR) is 62.0 cm³/mol. The molecule has 0 bridgehead atoms. The second-order valence-corrected chi connectivity index (χ2v) is 4.61. The first-order valence-corrected chi connectivity index (χ1v) is 5.80. The molecule has 0 aromatic carbocycles. The summed E-state index contributed by atoms with van der Waals surface area (Å²) in [5.74, 6) is 4.92. The number of nitrogens with one attached hydrogen (secondary N) is 1. The van der Waals surface area contributed by atoms with Crippen LogP contribution in [0.4, 0.5) is 5.00 Å². The molecule has 0 aliphatic carbocycles. The number of anilines is 1. The number of morpholine rings is 1. The summed E-state index contributed by atoms with van der Waals surface area (Å²) in [4.78, 5) is 10.9. The van der Waals surface area contributed by atoms with Crippen LogP contribution in [0.1, 0.15) is 10.7 Å². The first-order chi connectivity index (χ1) is 7.72. The van der Waals surface area contributed by atoms with Crippen LogP contribution >= 0.6 is 11.3 Å². The van der Waals surface area contributed by atoms with E-state index in [-0.39, 0.29) is 5.90 Å². The van der Waals surface area contributed by atoms with Crippen molar-refractivity contribution < 1.29 is 9.57 Å². The van der Waals surface area contributed by atoms with E-state index in [0.717, 1.165) is 23.1 Å². The van der Waals surface area contributed by atoms with E-state index < -0.39 is 0 Å². The van der Waals surface area contributed by atoms with Crippen LogP contribution in [-0.2, 0) is 9.57 Å². The van der Waals surface area contributed by atoms with Gasteiger partial charge in [0.2, 0.25) is 0 Å². The van der Waals surface area contributed by atoms with E-state index in [1.165, 1.54) is 0 Å². The fourth-order valence-electron chi connectivity index (χ4n) is 1.60. The lowest BCUT2D eigenvalue weighted by Crippen LogP contribution is -2.36. The van der Waals surface area contributed by atoms with Gasteiger partial charge < -0.3 is 14.5 Å². The van der Waals surface area contributed by atoms with Crippen LogP contribution in [0.25, 0.3) is 0 Å². The Kier molecular flexibility index (Phi) is 3.37. The number of aryl methyl sites for hydroxylation is 1. The average Bonchev–Trinajstić information content (AvgIpc) is 2.71. The molecule has 2 rings (SSSR count). The van der Waals surface area contributed by atoms with Crippen molar-refractivity contribution in [2.75, 3.05) is 31.2 Å². The lowest BCUT2D eigenvalue weighted by atomic mass is 10.3. The fourth-order valence-corrected chi connectivity index (χ4v) is 2.56. The average molecular weight is 242 g/mol. The highest BCUT2D eigenvalue weighted by atomic mass is 32.1. The normalized spacial score (nSPS) is 16.2. The Bertz CT molecular complexity index is 387. The standard InChI is InChI=1S/C9H14N4O2S/c1-6-12-7(8(10)15-11)9(16-6)13-2-4-14-5-3-13/h10H,2-5,11H2,1H3. The lowest BCUT2D eigenvalue weighted by Gasteiger charge is -2.27. The number of nitrogens with zero attached hydrogens (tertiary/aromatic N) is 2. The van der Waals surface area contributed by atoms with Crippen LogP contribution < -0.4 is 10.8 Å². The number of thiazole rings is 1. The van der Waals surface area contributed by atoms with Gasteiger partial charge in [-0.2, -0.15) is 5.90 Å². The number of aromatic nitrogens is 1. The Morgan fingerprint density at radius 2 is 2.25 bits per heavy atom. The molecule has 0 unspecified atom stereocenters. The third-order valence-corrected chi connectivity index (χ3v) is 3.38. The van der Waals surface area contributed by atoms with Gasteiger partial charge in [0.15, 0.2) is 5.69 Å². The number of hydrogen-bond donors (Lipinski definition) is 2. The number of ether oxygens (including phenoxy) is 1. The first-order valence-electron chi connectivity index (χ1n) is 4.98. The molecule has 16 heavy (non-hydrogen) atoms. The highest BCUT2D eigenvalue weighted by Gasteiger charge is 2.21. The van der Waals surface area contributed by atoms with Crippen molar-refractivity contribution in [3.8, 4) is 0 Å². The summed E-state index contributed by atoms with van der Waals surface area (Å²) < 4.78 is 5.29. The van der Waals surface area contributed by atoms with Crippen molar-refractivity contribution >= 4 is 22.2 Å². The van der Waals surface area contributed by atoms with Crippen LogP contribution in [-0.4, -0.2) is 37.2 Å². The molecule has 1 aromatic heterocycles. The van der Waals surface area contributed by atoms with E-state index in [4.69, 9.17) is 16.0 Å². The van der Waals surface area contributed by atoms with Gasteiger partial charge in [-0.1, -0.05) is 0 Å². The van der Waals surface area contributed by atoms with E-state index >= 15 is 0 Å². The van der Waals surface area contributed by atoms with Gasteiger partial charge >= 0.3 is 0 Å². The third kappa shape index (κ3) is 2.16. The van der Waals surface area contributed by atoms with E-state index in [1.54, 1.807) is 11.3 Å². The minimum absolute atomic E-state index is 0.0918. The van der Waals surface area contributed by atoms with Gasteiger partial charge in [-0.15, -0.1) is 11.3 Å². The second-order valence-electron chi connectivity index (χ2n) is 3.43. The summed E-state index contributed by atoms with van der Waals surface area (Å²) in [5, 5.41) is 9.43. The molecule has 7 heteroatoms. The molecule has 0 spiro atoms. The highest BCUT2D eigenvalue weighted by Crippen LogP contribution is 2.29. The molecule has 1 fully saturated rings. The summed E-state index contributed by atoms with van der Waals surface area (Å²) in [6.07, 6.45) is 0. The molecule has 1 saturated heterocycles. The highest BCUT2D eigenvalue weighted by molar-refractivity contribution is 7.16. The number of hydrogen-bond acceptors (Lipinski definition) is 7. The topological polar surface area (TPSA) is 84.5 Å². The van der Waals surface area contributed by atoms with Gasteiger partial charge in [0.05, 0.1) is 18.2 Å².